The number of carbonyl (C=O) groups is 1. The maximum absolute atomic E-state index is 12.7. The van der Waals surface area contributed by atoms with Crippen molar-refractivity contribution in [2.75, 3.05) is 39.5 Å². The van der Waals surface area contributed by atoms with E-state index in [1.165, 1.54) is 25.7 Å². The second-order valence-corrected chi connectivity index (χ2v) is 7.56. The third kappa shape index (κ3) is 2.57. The lowest BCUT2D eigenvalue weighted by Crippen LogP contribution is -2.43. The maximum Gasteiger partial charge on any atom is 0.248 e. The van der Waals surface area contributed by atoms with Crippen molar-refractivity contribution in [1.82, 2.24) is 10.2 Å². The molecule has 5 heteroatoms. The molecule has 0 aromatic heterocycles. The molecule has 0 radical (unpaired) electrons. The Morgan fingerprint density at radius 3 is 2.77 bits per heavy atom. The zero-order valence-corrected chi connectivity index (χ0v) is 13.4. The zero-order valence-electron chi connectivity index (χ0n) is 13.4. The van der Waals surface area contributed by atoms with Crippen molar-refractivity contribution in [3.05, 3.63) is 0 Å². The Morgan fingerprint density at radius 2 is 2.00 bits per heavy atom. The largest absolute Gasteiger partial charge is 0.379 e. The van der Waals surface area contributed by atoms with Gasteiger partial charge in [-0.3, -0.25) is 4.79 Å². The zero-order chi connectivity index (χ0) is 15.0. The summed E-state index contributed by atoms with van der Waals surface area (Å²) in [5.41, 5.74) is 0.287. The van der Waals surface area contributed by atoms with Gasteiger partial charge in [0.05, 0.1) is 25.4 Å². The number of carbonyl (C=O) groups excluding carboxylic acids is 1. The summed E-state index contributed by atoms with van der Waals surface area (Å²) in [6, 6.07) is 0.290. The molecule has 4 aliphatic rings. The average molecular weight is 308 g/mol. The molecule has 0 bridgehead atoms. The first-order valence-corrected chi connectivity index (χ1v) is 8.98. The molecule has 4 fully saturated rings. The molecule has 1 aliphatic carbocycles. The standard InChI is InChI=1S/C17H28N2O3/c20-16(11-22-13-3-1-2-4-13)19-12-17(5-7-18-8-6-17)14-9-21-10-15(14)19/h13-15,18H,1-12H2/t14-,15+/m1/s1. The van der Waals surface area contributed by atoms with Crippen LogP contribution in [0.3, 0.4) is 0 Å². The number of ether oxygens (including phenoxy) is 2. The van der Waals surface area contributed by atoms with Crippen molar-refractivity contribution in [1.29, 1.82) is 0 Å². The number of hydrogen-bond acceptors (Lipinski definition) is 4. The van der Waals surface area contributed by atoms with Gasteiger partial charge in [0.25, 0.3) is 0 Å². The number of fused-ring (bicyclic) bond motifs is 2. The van der Waals surface area contributed by atoms with Crippen molar-refractivity contribution >= 4 is 5.91 Å². The maximum atomic E-state index is 12.7. The van der Waals surface area contributed by atoms with Gasteiger partial charge in [0.2, 0.25) is 5.91 Å². The third-order valence-electron chi connectivity index (χ3n) is 6.39. The lowest BCUT2D eigenvalue weighted by atomic mass is 9.70. The number of hydrogen-bond donors (Lipinski definition) is 1. The molecule has 22 heavy (non-hydrogen) atoms. The van der Waals surface area contributed by atoms with E-state index >= 15 is 0 Å². The number of amides is 1. The quantitative estimate of drug-likeness (QED) is 0.850. The van der Waals surface area contributed by atoms with Crippen LogP contribution in [-0.2, 0) is 14.3 Å². The topological polar surface area (TPSA) is 50.8 Å². The first-order chi connectivity index (χ1) is 10.8. The second kappa shape index (κ2) is 6.10. The van der Waals surface area contributed by atoms with Gasteiger partial charge in [-0.2, -0.15) is 0 Å². The van der Waals surface area contributed by atoms with Gasteiger partial charge in [0.1, 0.15) is 6.61 Å². The van der Waals surface area contributed by atoms with Gasteiger partial charge in [0, 0.05) is 12.5 Å². The van der Waals surface area contributed by atoms with Crippen molar-refractivity contribution in [2.45, 2.75) is 50.7 Å². The second-order valence-electron chi connectivity index (χ2n) is 7.56. The van der Waals surface area contributed by atoms with E-state index < -0.39 is 0 Å². The summed E-state index contributed by atoms with van der Waals surface area (Å²) in [5, 5.41) is 3.45. The fourth-order valence-electron chi connectivity index (χ4n) is 5.06. The summed E-state index contributed by atoms with van der Waals surface area (Å²) in [5.74, 6) is 0.716. The first kappa shape index (κ1) is 14.9. The Labute approximate surface area is 132 Å². The Balaban J connectivity index is 1.41. The number of likely N-dealkylation sites (tertiary alicyclic amines) is 1. The summed E-state index contributed by atoms with van der Waals surface area (Å²) < 4.78 is 11.6. The Kier molecular flexibility index (Phi) is 4.13. The number of nitrogens with one attached hydrogen (secondary N) is 1. The van der Waals surface area contributed by atoms with E-state index in [0.717, 1.165) is 45.7 Å². The van der Waals surface area contributed by atoms with E-state index in [2.05, 4.69) is 10.2 Å². The summed E-state index contributed by atoms with van der Waals surface area (Å²) in [6.45, 7) is 4.88. The fraction of sp³-hybridized carbons (Fsp3) is 0.941. The molecule has 4 rings (SSSR count). The van der Waals surface area contributed by atoms with E-state index in [0.29, 0.717) is 12.0 Å². The lowest BCUT2D eigenvalue weighted by Gasteiger charge is -2.37. The number of piperidine rings is 1. The Bertz CT molecular complexity index is 416. The van der Waals surface area contributed by atoms with Crippen LogP contribution in [0.4, 0.5) is 0 Å². The van der Waals surface area contributed by atoms with Gasteiger partial charge in [0.15, 0.2) is 0 Å². The summed E-state index contributed by atoms with van der Waals surface area (Å²) in [6.07, 6.45) is 7.40. The molecule has 1 N–H and O–H groups in total. The van der Waals surface area contributed by atoms with Crippen molar-refractivity contribution in [3.63, 3.8) is 0 Å². The SMILES string of the molecule is O=C(COC1CCCC1)N1CC2(CCNCC2)[C@@H]2COC[C@@H]21. The van der Waals surface area contributed by atoms with Crippen LogP contribution in [0, 0.1) is 11.3 Å². The molecule has 0 aromatic rings. The first-order valence-electron chi connectivity index (χ1n) is 8.98. The van der Waals surface area contributed by atoms with Gasteiger partial charge in [-0.15, -0.1) is 0 Å². The molecule has 3 heterocycles. The minimum absolute atomic E-state index is 0.183. The summed E-state index contributed by atoms with van der Waals surface area (Å²) in [7, 11) is 0. The lowest BCUT2D eigenvalue weighted by molar-refractivity contribution is -0.139. The van der Waals surface area contributed by atoms with Crippen LogP contribution in [0.15, 0.2) is 0 Å². The summed E-state index contributed by atoms with van der Waals surface area (Å²) >= 11 is 0. The monoisotopic (exact) mass is 308 g/mol. The molecule has 5 nitrogen and oxygen atoms in total. The minimum atomic E-state index is 0.183. The highest BCUT2D eigenvalue weighted by atomic mass is 16.5. The molecule has 1 amide bonds. The van der Waals surface area contributed by atoms with E-state index in [1.54, 1.807) is 0 Å². The highest BCUT2D eigenvalue weighted by Gasteiger charge is 2.56. The molecule has 0 unspecified atom stereocenters. The Hall–Kier alpha value is -0.650. The highest BCUT2D eigenvalue weighted by Crippen LogP contribution is 2.49. The van der Waals surface area contributed by atoms with Crippen LogP contribution in [0.5, 0.6) is 0 Å². The van der Waals surface area contributed by atoms with Crippen molar-refractivity contribution in [3.8, 4) is 0 Å². The van der Waals surface area contributed by atoms with E-state index in [4.69, 9.17) is 9.47 Å². The third-order valence-corrected chi connectivity index (χ3v) is 6.39. The minimum Gasteiger partial charge on any atom is -0.379 e. The molecule has 3 saturated heterocycles. The molecule has 124 valence electrons. The van der Waals surface area contributed by atoms with Crippen molar-refractivity contribution in [2.24, 2.45) is 11.3 Å². The van der Waals surface area contributed by atoms with Gasteiger partial charge in [-0.1, -0.05) is 12.8 Å². The number of nitrogens with zero attached hydrogens (tertiary/aromatic N) is 1. The van der Waals surface area contributed by atoms with Crippen LogP contribution < -0.4 is 5.32 Å². The molecule has 3 aliphatic heterocycles. The molecule has 1 saturated carbocycles. The van der Waals surface area contributed by atoms with Crippen LogP contribution in [-0.4, -0.2) is 62.4 Å². The average Bonchev–Trinajstić information content (AvgIpc) is 3.25. The number of rotatable bonds is 3. The van der Waals surface area contributed by atoms with Gasteiger partial charge in [-0.05, 0) is 44.2 Å². The van der Waals surface area contributed by atoms with E-state index in [-0.39, 0.29) is 24.0 Å². The van der Waals surface area contributed by atoms with Gasteiger partial charge in [-0.25, -0.2) is 0 Å². The van der Waals surface area contributed by atoms with E-state index in [1.807, 2.05) is 0 Å². The van der Waals surface area contributed by atoms with Gasteiger partial charge < -0.3 is 19.7 Å². The molecule has 0 aromatic carbocycles. The Morgan fingerprint density at radius 1 is 1.23 bits per heavy atom. The molecular weight excluding hydrogens is 280 g/mol. The summed E-state index contributed by atoms with van der Waals surface area (Å²) in [4.78, 5) is 14.8. The van der Waals surface area contributed by atoms with E-state index in [9.17, 15) is 4.79 Å². The normalized spacial score (nSPS) is 34.5. The predicted octanol–water partition coefficient (Wildman–Crippen LogP) is 1.17. The van der Waals surface area contributed by atoms with Crippen molar-refractivity contribution < 1.29 is 14.3 Å². The van der Waals surface area contributed by atoms with Crippen LogP contribution >= 0.6 is 0 Å². The molecule has 2 atom stereocenters. The van der Waals surface area contributed by atoms with Crippen LogP contribution in [0.1, 0.15) is 38.5 Å². The molecule has 1 spiro atoms. The smallest absolute Gasteiger partial charge is 0.248 e. The predicted molar refractivity (Wildman–Crippen MR) is 82.6 cm³/mol. The van der Waals surface area contributed by atoms with Gasteiger partial charge >= 0.3 is 0 Å². The molecular formula is C17H28N2O3. The van der Waals surface area contributed by atoms with Crippen LogP contribution in [0.2, 0.25) is 0 Å². The fourth-order valence-corrected chi connectivity index (χ4v) is 5.06. The van der Waals surface area contributed by atoms with Crippen LogP contribution in [0.25, 0.3) is 0 Å². The highest BCUT2D eigenvalue weighted by molar-refractivity contribution is 5.78.